The predicted molar refractivity (Wildman–Crippen MR) is 123 cm³/mol. The Labute approximate surface area is 219 Å². The molecule has 3 aromatic carbocycles. The zero-order chi connectivity index (χ0) is 27.8. The number of halogens is 7. The zero-order valence-electron chi connectivity index (χ0n) is 20.3. The van der Waals surface area contributed by atoms with Gasteiger partial charge in [-0.05, 0) is 67.9 Å². The molecule has 1 radical (unpaired) electrons. The van der Waals surface area contributed by atoms with Crippen molar-refractivity contribution in [1.82, 2.24) is 0 Å². The topological polar surface area (TPSA) is 43.4 Å². The van der Waals surface area contributed by atoms with Gasteiger partial charge < -0.3 is 0 Å². The Kier molecular flexibility index (Phi) is 8.70. The van der Waals surface area contributed by atoms with Gasteiger partial charge in [-0.15, -0.1) is 0 Å². The molecule has 0 aromatic heterocycles. The summed E-state index contributed by atoms with van der Waals surface area (Å²) in [4.78, 5) is -1.20. The van der Waals surface area contributed by atoms with E-state index >= 15 is 0 Å². The van der Waals surface area contributed by atoms with Crippen molar-refractivity contribution in [3.05, 3.63) is 96.1 Å². The Bertz CT molecular complexity index is 1250. The second kappa shape index (κ2) is 10.9. The molecule has 11 heteroatoms. The normalized spacial score (nSPS) is 13.1. The van der Waals surface area contributed by atoms with E-state index in [1.807, 2.05) is 27.7 Å². The summed E-state index contributed by atoms with van der Waals surface area (Å²) in [5.41, 5.74) is -1.50. The van der Waals surface area contributed by atoms with Gasteiger partial charge in [-0.3, -0.25) is 0 Å². The first-order chi connectivity index (χ1) is 17.0. The van der Waals surface area contributed by atoms with Crippen LogP contribution in [0.5, 0.6) is 0 Å². The summed E-state index contributed by atoms with van der Waals surface area (Å²) in [5.74, 6) is 0.384. The lowest BCUT2D eigenvalue weighted by Crippen LogP contribution is -3.85. The van der Waals surface area contributed by atoms with E-state index in [0.29, 0.717) is 7.14 Å². The van der Waals surface area contributed by atoms with Gasteiger partial charge in [-0.2, -0.15) is 34.8 Å². The highest BCUT2D eigenvalue weighted by Gasteiger charge is 2.42. The molecule has 3 aromatic rings. The highest BCUT2D eigenvalue weighted by atomic mass is 127. The van der Waals surface area contributed by atoms with Gasteiger partial charge in [0.2, 0.25) is 0 Å². The van der Waals surface area contributed by atoms with Crippen molar-refractivity contribution in [3.63, 3.8) is 0 Å². The first kappa shape index (κ1) is 29.4. The molecule has 3 rings (SSSR count). The van der Waals surface area contributed by atoms with Gasteiger partial charge in [0.15, 0.2) is 7.14 Å². The number of hydrogen-bond acceptors (Lipinski definition) is 3. The fourth-order valence-corrected chi connectivity index (χ4v) is 10.3. The third kappa shape index (κ3) is 7.26. The first-order valence-electron chi connectivity index (χ1n) is 11.1. The maximum absolute atomic E-state index is 13.3. The molecule has 0 atom stereocenters. The fraction of sp³-hybridized carbons (Fsp3) is 0.308. The lowest BCUT2D eigenvalue weighted by Gasteiger charge is -2.14. The minimum Gasteiger partial charge on any atom is -0.190 e. The van der Waals surface area contributed by atoms with Gasteiger partial charge in [0.1, 0.15) is 0 Å². The van der Waals surface area contributed by atoms with Crippen LogP contribution in [0.1, 0.15) is 61.8 Å². The van der Waals surface area contributed by atoms with E-state index in [9.17, 15) is 34.8 Å². The Morgan fingerprint density at radius 2 is 1.00 bits per heavy atom. The summed E-state index contributed by atoms with van der Waals surface area (Å²) >= 11 is -3.35. The standard InChI is InChI=1S/C26H25F6IO3S/c1-16(2)18-5-9-22(10-6-18)33(23-11-7-19(8-12-23)17(3)4)36-37(34,35)24-14-20(25(27,28)29)13-21(15-24)26(30,31)32/h5-17H,1-4H3/q+1. The molecular formula is C26H25F6IO3S+. The van der Waals surface area contributed by atoms with Crippen LogP contribution in [0.3, 0.4) is 0 Å². The van der Waals surface area contributed by atoms with Crippen molar-refractivity contribution < 1.29 is 57.5 Å². The van der Waals surface area contributed by atoms with Crippen LogP contribution in [0.25, 0.3) is 0 Å². The predicted octanol–water partition coefficient (Wildman–Crippen LogP) is 4.96. The Morgan fingerprint density at radius 1 is 0.649 bits per heavy atom. The molecule has 0 heterocycles. The molecular weight excluding hydrogens is 633 g/mol. The van der Waals surface area contributed by atoms with Crippen LogP contribution >= 0.6 is 0 Å². The number of benzene rings is 3. The third-order valence-electron chi connectivity index (χ3n) is 5.47. The lowest BCUT2D eigenvalue weighted by atomic mass is 10.0. The van der Waals surface area contributed by atoms with Gasteiger partial charge in [0, 0.05) is 0 Å². The van der Waals surface area contributed by atoms with Crippen LogP contribution < -0.4 is 20.2 Å². The number of rotatable bonds is 7. The maximum atomic E-state index is 13.3. The second-order valence-corrected chi connectivity index (χ2v) is 15.4. The van der Waals surface area contributed by atoms with E-state index in [4.69, 9.17) is 2.51 Å². The summed E-state index contributed by atoms with van der Waals surface area (Å²) in [5, 5.41) is 0. The lowest BCUT2D eigenvalue weighted by molar-refractivity contribution is -1.03. The van der Waals surface area contributed by atoms with Crippen LogP contribution in [0.4, 0.5) is 26.3 Å². The molecule has 0 spiro atoms. The molecule has 0 bridgehead atoms. The van der Waals surface area contributed by atoms with E-state index in [-0.39, 0.29) is 30.0 Å². The Balaban J connectivity index is 2.13. The second-order valence-electron chi connectivity index (χ2n) is 8.92. The molecule has 37 heavy (non-hydrogen) atoms. The number of alkyl halides is 6. The summed E-state index contributed by atoms with van der Waals surface area (Å²) in [6.07, 6.45) is -10.4. The van der Waals surface area contributed by atoms with Crippen molar-refractivity contribution in [3.8, 4) is 0 Å². The quantitative estimate of drug-likeness (QED) is 0.267. The Hall–Kier alpha value is -2.12. The van der Waals surface area contributed by atoms with Crippen molar-refractivity contribution in [2.45, 2.75) is 56.8 Å². The summed E-state index contributed by atoms with van der Waals surface area (Å²) < 4.78 is 113. The van der Waals surface area contributed by atoms with Gasteiger partial charge >= 0.3 is 42.7 Å². The molecule has 3 nitrogen and oxygen atoms in total. The molecule has 0 aliphatic carbocycles. The molecule has 0 fully saturated rings. The van der Waals surface area contributed by atoms with E-state index in [1.165, 1.54) is 0 Å². The van der Waals surface area contributed by atoms with Gasteiger partial charge in [0.25, 0.3) is 0 Å². The largest absolute Gasteiger partial charge is 0.416 e. The van der Waals surface area contributed by atoms with E-state index in [1.54, 1.807) is 48.5 Å². The van der Waals surface area contributed by atoms with Gasteiger partial charge in [-0.1, -0.05) is 52.0 Å². The van der Waals surface area contributed by atoms with Crippen LogP contribution in [0.15, 0.2) is 71.6 Å². The van der Waals surface area contributed by atoms with Crippen molar-refractivity contribution in [2.24, 2.45) is 0 Å². The van der Waals surface area contributed by atoms with Crippen LogP contribution in [0, 0.1) is 7.14 Å². The zero-order valence-corrected chi connectivity index (χ0v) is 23.3. The fourth-order valence-electron chi connectivity index (χ4n) is 3.31. The summed E-state index contributed by atoms with van der Waals surface area (Å²) in [6, 6.07) is 14.2. The minimum atomic E-state index is -5.19. The summed E-state index contributed by atoms with van der Waals surface area (Å²) in [6.45, 7) is 7.90. The smallest absolute Gasteiger partial charge is 0.190 e. The van der Waals surface area contributed by atoms with E-state index in [0.717, 1.165) is 11.1 Å². The molecule has 0 amide bonds. The first-order valence-corrected chi connectivity index (χ1v) is 15.6. The average molecular weight is 658 g/mol. The molecule has 0 aliphatic rings. The number of hydrogen-bond donors (Lipinski definition) is 0. The van der Waals surface area contributed by atoms with Crippen LogP contribution in [-0.2, 0) is 25.0 Å². The average Bonchev–Trinajstić information content (AvgIpc) is 2.81. The highest BCUT2D eigenvalue weighted by molar-refractivity contribution is 7.86. The molecule has 201 valence electrons. The van der Waals surface area contributed by atoms with Gasteiger partial charge in [0.05, 0.1) is 16.0 Å². The van der Waals surface area contributed by atoms with Crippen molar-refractivity contribution in [2.75, 3.05) is 0 Å². The molecule has 0 saturated carbocycles. The minimum absolute atomic E-state index is 0.120. The van der Waals surface area contributed by atoms with Crippen LogP contribution in [0.2, 0.25) is 0 Å². The molecule has 0 saturated heterocycles. The monoisotopic (exact) mass is 658 g/mol. The third-order valence-corrected chi connectivity index (χ3v) is 12.8. The van der Waals surface area contributed by atoms with Gasteiger partial charge in [-0.25, -0.2) is 0 Å². The van der Waals surface area contributed by atoms with Crippen molar-refractivity contribution in [1.29, 1.82) is 0 Å². The molecule has 0 N–H and O–H groups in total. The SMILES string of the molecule is CC(C)c1ccc([I+](OS(=O)(=O)c2cc(C(F)(F)F)cc(C(F)(F)F)c2)c2ccc(C(C)C)cc2)cc1. The summed E-state index contributed by atoms with van der Waals surface area (Å²) in [7, 11) is -5.00. The van der Waals surface area contributed by atoms with Crippen LogP contribution in [-0.4, -0.2) is 8.42 Å². The Morgan fingerprint density at radius 3 is 1.30 bits per heavy atom. The maximum Gasteiger partial charge on any atom is 0.416 e. The van der Waals surface area contributed by atoms with Crippen molar-refractivity contribution >= 4 is 10.1 Å². The molecule has 0 aliphatic heterocycles. The van der Waals surface area contributed by atoms with E-state index < -0.39 is 58.7 Å². The van der Waals surface area contributed by atoms with E-state index in [2.05, 4.69) is 0 Å². The highest BCUT2D eigenvalue weighted by Crippen LogP contribution is 2.37. The molecule has 0 unspecified atom stereocenters.